The highest BCUT2D eigenvalue weighted by atomic mass is 19.2. The van der Waals surface area contributed by atoms with Gasteiger partial charge < -0.3 is 4.74 Å². The number of rotatable bonds is 0. The number of benzene rings is 1. The van der Waals surface area contributed by atoms with Crippen LogP contribution in [0.4, 0.5) is 17.6 Å². The molecule has 1 aromatic carbocycles. The van der Waals surface area contributed by atoms with E-state index in [0.717, 1.165) is 0 Å². The van der Waals surface area contributed by atoms with Crippen LogP contribution in [0.5, 0.6) is 0 Å². The molecule has 0 amide bonds. The van der Waals surface area contributed by atoms with Gasteiger partial charge in [0.2, 0.25) is 0 Å². The lowest BCUT2D eigenvalue weighted by Crippen LogP contribution is -2.25. The van der Waals surface area contributed by atoms with Crippen LogP contribution in [0.1, 0.15) is 36.8 Å². The molecule has 4 aliphatic rings. The number of allylic oxidation sites excluding steroid dienone is 4. The lowest BCUT2D eigenvalue weighted by molar-refractivity contribution is 0.253. The average molecular weight is 322 g/mol. The summed E-state index contributed by atoms with van der Waals surface area (Å²) in [5.74, 6) is -7.14. The van der Waals surface area contributed by atoms with Crippen LogP contribution in [0.25, 0.3) is 0 Å². The van der Waals surface area contributed by atoms with E-state index in [1.807, 2.05) is 38.2 Å². The summed E-state index contributed by atoms with van der Waals surface area (Å²) >= 11 is 0. The van der Waals surface area contributed by atoms with E-state index >= 15 is 0 Å². The zero-order valence-electron chi connectivity index (χ0n) is 12.5. The van der Waals surface area contributed by atoms with Crippen LogP contribution < -0.4 is 0 Å². The van der Waals surface area contributed by atoms with E-state index < -0.39 is 46.3 Å². The second-order valence-electron chi connectivity index (χ2n) is 7.37. The quantitative estimate of drug-likeness (QED) is 0.299. The molecule has 1 spiro atoms. The van der Waals surface area contributed by atoms with Gasteiger partial charge in [-0.3, -0.25) is 0 Å². The van der Waals surface area contributed by atoms with Gasteiger partial charge in [-0.25, -0.2) is 17.6 Å². The summed E-state index contributed by atoms with van der Waals surface area (Å²) in [6, 6.07) is 0. The molecule has 0 radical (unpaired) electrons. The van der Waals surface area contributed by atoms with Gasteiger partial charge in [-0.15, -0.1) is 0 Å². The van der Waals surface area contributed by atoms with Gasteiger partial charge in [0.1, 0.15) is 5.60 Å². The predicted octanol–water partition coefficient (Wildman–Crippen LogP) is 4.34. The van der Waals surface area contributed by atoms with Crippen molar-refractivity contribution >= 4 is 0 Å². The molecule has 5 heteroatoms. The highest BCUT2D eigenvalue weighted by Gasteiger charge is 2.82. The van der Waals surface area contributed by atoms with Gasteiger partial charge in [0.05, 0.1) is 5.60 Å². The maximum Gasteiger partial charge on any atom is 0.197 e. The first kappa shape index (κ1) is 13.8. The Balaban J connectivity index is 1.86. The van der Waals surface area contributed by atoms with E-state index in [-0.39, 0.29) is 23.0 Å². The molecule has 1 aliphatic heterocycles. The molecule has 0 aromatic heterocycles. The summed E-state index contributed by atoms with van der Waals surface area (Å²) in [5, 5.41) is 0. The standard InChI is InChI=1S/C18H14F4O/c1-17(2)18(23-17)11-7-5-3-4-6-8(7)12(18)10-9(11)13(19)15(21)16(22)14(10)20/h3-8,11-12H,1-2H3/t7-,8-,11-,12-/m1/s1. The fraction of sp³-hybridized carbons (Fsp3) is 0.444. The fourth-order valence-electron chi connectivity index (χ4n) is 5.43. The second kappa shape index (κ2) is 3.72. The summed E-state index contributed by atoms with van der Waals surface area (Å²) in [4.78, 5) is 0. The Hall–Kier alpha value is -1.62. The summed E-state index contributed by atoms with van der Waals surface area (Å²) in [6.07, 6.45) is 7.60. The van der Waals surface area contributed by atoms with E-state index in [1.54, 1.807) is 0 Å². The van der Waals surface area contributed by atoms with Crippen LogP contribution in [0.3, 0.4) is 0 Å². The molecule has 120 valence electrons. The molecular formula is C18H14F4O. The Morgan fingerprint density at radius 3 is 1.52 bits per heavy atom. The predicted molar refractivity (Wildman–Crippen MR) is 74.9 cm³/mol. The molecule has 1 aromatic rings. The molecule has 4 atom stereocenters. The Labute approximate surface area is 130 Å². The van der Waals surface area contributed by atoms with Gasteiger partial charge in [-0.2, -0.15) is 0 Å². The fourth-order valence-corrected chi connectivity index (χ4v) is 5.43. The third-order valence-electron chi connectivity index (χ3n) is 6.20. The first-order chi connectivity index (χ1) is 10.8. The second-order valence-corrected chi connectivity index (χ2v) is 7.37. The zero-order valence-corrected chi connectivity index (χ0v) is 12.5. The summed E-state index contributed by atoms with van der Waals surface area (Å²) < 4.78 is 62.6. The van der Waals surface area contributed by atoms with Crippen molar-refractivity contribution in [3.8, 4) is 0 Å². The first-order valence-electron chi connectivity index (χ1n) is 7.74. The van der Waals surface area contributed by atoms with Crippen molar-refractivity contribution in [1.29, 1.82) is 0 Å². The molecule has 23 heavy (non-hydrogen) atoms. The van der Waals surface area contributed by atoms with Gasteiger partial charge in [-0.05, 0) is 25.7 Å². The van der Waals surface area contributed by atoms with Crippen molar-refractivity contribution < 1.29 is 22.3 Å². The van der Waals surface area contributed by atoms with Crippen molar-refractivity contribution in [2.45, 2.75) is 36.9 Å². The number of hydrogen-bond donors (Lipinski definition) is 0. The van der Waals surface area contributed by atoms with E-state index in [0.29, 0.717) is 0 Å². The van der Waals surface area contributed by atoms with Crippen molar-refractivity contribution in [2.24, 2.45) is 11.8 Å². The summed E-state index contributed by atoms with van der Waals surface area (Å²) in [6.45, 7) is 3.73. The highest BCUT2D eigenvalue weighted by Crippen LogP contribution is 2.78. The topological polar surface area (TPSA) is 12.5 Å². The number of halogens is 4. The minimum atomic E-state index is -1.73. The molecule has 1 heterocycles. The Morgan fingerprint density at radius 1 is 0.783 bits per heavy atom. The van der Waals surface area contributed by atoms with Crippen molar-refractivity contribution in [3.05, 3.63) is 58.7 Å². The molecule has 3 aliphatic carbocycles. The van der Waals surface area contributed by atoms with Gasteiger partial charge in [-0.1, -0.05) is 24.3 Å². The largest absolute Gasteiger partial charge is 0.362 e. The van der Waals surface area contributed by atoms with E-state index in [9.17, 15) is 17.6 Å². The summed E-state index contributed by atoms with van der Waals surface area (Å²) in [7, 11) is 0. The van der Waals surface area contributed by atoms with E-state index in [1.165, 1.54) is 0 Å². The minimum Gasteiger partial charge on any atom is -0.362 e. The van der Waals surface area contributed by atoms with Crippen LogP contribution in [0, 0.1) is 35.1 Å². The van der Waals surface area contributed by atoms with E-state index in [4.69, 9.17) is 4.74 Å². The van der Waals surface area contributed by atoms with Crippen molar-refractivity contribution in [2.75, 3.05) is 0 Å². The van der Waals surface area contributed by atoms with Gasteiger partial charge >= 0.3 is 0 Å². The van der Waals surface area contributed by atoms with Crippen molar-refractivity contribution in [1.82, 2.24) is 0 Å². The lowest BCUT2D eigenvalue weighted by Gasteiger charge is -2.30. The number of fused-ring (bicyclic) bond motifs is 6. The number of hydrogen-bond acceptors (Lipinski definition) is 1. The van der Waals surface area contributed by atoms with Crippen LogP contribution in [0.2, 0.25) is 0 Å². The molecule has 0 unspecified atom stereocenters. The maximum absolute atomic E-state index is 14.5. The monoisotopic (exact) mass is 322 g/mol. The molecule has 1 saturated carbocycles. The van der Waals surface area contributed by atoms with Crippen LogP contribution in [0.15, 0.2) is 24.3 Å². The third kappa shape index (κ3) is 1.24. The smallest absolute Gasteiger partial charge is 0.197 e. The first-order valence-corrected chi connectivity index (χ1v) is 7.74. The van der Waals surface area contributed by atoms with Crippen molar-refractivity contribution in [3.63, 3.8) is 0 Å². The summed E-state index contributed by atoms with van der Waals surface area (Å²) in [5.41, 5.74) is -1.42. The molecule has 2 fully saturated rings. The maximum atomic E-state index is 14.5. The van der Waals surface area contributed by atoms with Crippen LogP contribution in [-0.2, 0) is 4.74 Å². The van der Waals surface area contributed by atoms with Gasteiger partial charge in [0, 0.05) is 23.0 Å². The SMILES string of the molecule is CC1(C)OC12[C@H]1c3c(F)c(F)c(F)c(F)c3[C@H]2[C@@H]2C=CC=C[C@H]21. The third-order valence-corrected chi connectivity index (χ3v) is 6.20. The Bertz CT molecular complexity index is 766. The number of ether oxygens (including phenoxy) is 1. The normalized spacial score (nSPS) is 40.6. The average Bonchev–Trinajstić information content (AvgIpc) is 2.85. The zero-order chi connectivity index (χ0) is 16.3. The molecule has 2 bridgehead atoms. The van der Waals surface area contributed by atoms with Gasteiger partial charge in [0.25, 0.3) is 0 Å². The Kier molecular flexibility index (Phi) is 2.23. The highest BCUT2D eigenvalue weighted by molar-refractivity contribution is 5.58. The van der Waals surface area contributed by atoms with E-state index in [2.05, 4.69) is 0 Å². The molecule has 0 N–H and O–H groups in total. The van der Waals surface area contributed by atoms with Crippen LogP contribution in [-0.4, -0.2) is 11.2 Å². The minimum absolute atomic E-state index is 0.0295. The lowest BCUT2D eigenvalue weighted by atomic mass is 9.73. The van der Waals surface area contributed by atoms with Gasteiger partial charge in [0.15, 0.2) is 23.3 Å². The van der Waals surface area contributed by atoms with Crippen LogP contribution >= 0.6 is 0 Å². The number of epoxide rings is 1. The molecule has 1 saturated heterocycles. The Morgan fingerprint density at radius 2 is 1.17 bits per heavy atom. The molecule has 1 nitrogen and oxygen atoms in total. The molecular weight excluding hydrogens is 308 g/mol. The molecule has 5 rings (SSSR count).